The fraction of sp³-hybridized carbons (Fsp3) is 0.433. The van der Waals surface area contributed by atoms with E-state index >= 15 is 0 Å². The van der Waals surface area contributed by atoms with Crippen LogP contribution in [0.4, 0.5) is 0 Å². The topological polar surface area (TPSA) is 92.7 Å². The summed E-state index contributed by atoms with van der Waals surface area (Å²) in [7, 11) is 6.30. The van der Waals surface area contributed by atoms with Gasteiger partial charge in [-0.05, 0) is 49.4 Å². The number of carbonyl (C=O) groups excluding carboxylic acids is 2. The molecule has 0 radical (unpaired) electrons. The average molecular weight is 522 g/mol. The van der Waals surface area contributed by atoms with Gasteiger partial charge in [0, 0.05) is 34.9 Å². The first-order valence-corrected chi connectivity index (χ1v) is 12.8. The summed E-state index contributed by atoms with van der Waals surface area (Å²) in [6.45, 7) is 4.06. The normalized spacial score (nSPS) is 20.8. The highest BCUT2D eigenvalue weighted by atomic mass is 16.5. The van der Waals surface area contributed by atoms with Gasteiger partial charge in [-0.25, -0.2) is 0 Å². The predicted molar refractivity (Wildman–Crippen MR) is 144 cm³/mol. The number of Topliss-reactive ketones (excluding diaryl/α,β-unsaturated/α-hetero) is 1. The largest absolute Gasteiger partial charge is 0.493 e. The van der Waals surface area contributed by atoms with Crippen LogP contribution in [-0.4, -0.2) is 52.5 Å². The van der Waals surface area contributed by atoms with Gasteiger partial charge in [-0.15, -0.1) is 0 Å². The third-order valence-electron chi connectivity index (χ3n) is 7.24. The van der Waals surface area contributed by atoms with Crippen LogP contribution in [0.15, 0.2) is 52.7 Å². The van der Waals surface area contributed by atoms with Crippen LogP contribution in [0, 0.1) is 5.92 Å². The number of ether oxygens (including phenoxy) is 5. The lowest BCUT2D eigenvalue weighted by atomic mass is 9.69. The molecule has 2 aromatic rings. The van der Waals surface area contributed by atoms with Crippen LogP contribution in [-0.2, 0) is 14.3 Å². The first-order valence-electron chi connectivity index (χ1n) is 12.8. The van der Waals surface area contributed by atoms with Crippen molar-refractivity contribution in [3.63, 3.8) is 0 Å². The molecule has 4 rings (SSSR count). The van der Waals surface area contributed by atoms with Crippen LogP contribution >= 0.6 is 0 Å². The molecule has 0 saturated carbocycles. The Morgan fingerprint density at radius 3 is 2.34 bits per heavy atom. The smallest absolute Gasteiger partial charge is 0.315 e. The second-order valence-electron chi connectivity index (χ2n) is 9.46. The van der Waals surface area contributed by atoms with E-state index in [1.54, 1.807) is 34.5 Å². The summed E-state index contributed by atoms with van der Waals surface area (Å²) >= 11 is 0. The Balaban J connectivity index is 1.83. The number of rotatable bonds is 9. The summed E-state index contributed by atoms with van der Waals surface area (Å²) in [5.41, 5.74) is 3.51. The zero-order valence-electron chi connectivity index (χ0n) is 22.8. The first-order chi connectivity index (χ1) is 18.4. The molecule has 0 bridgehead atoms. The predicted octanol–water partition coefficient (Wildman–Crippen LogP) is 5.25. The van der Waals surface area contributed by atoms with Crippen molar-refractivity contribution in [3.8, 4) is 23.0 Å². The van der Waals surface area contributed by atoms with E-state index in [4.69, 9.17) is 28.7 Å². The van der Waals surface area contributed by atoms with Crippen molar-refractivity contribution in [1.82, 2.24) is 0 Å². The molecule has 0 spiro atoms. The molecule has 0 saturated heterocycles. The SMILES string of the molecule is CCCOC(=O)C1C(C)=NC2=C(C(=O)C[C@@H](c3ccc(OC)c(OC)c3)C2)[C@H]1c1cccc(OC)c1OC. The van der Waals surface area contributed by atoms with Gasteiger partial charge in [-0.2, -0.15) is 0 Å². The maximum atomic E-state index is 13.9. The van der Waals surface area contributed by atoms with Gasteiger partial charge in [0.15, 0.2) is 28.8 Å². The maximum absolute atomic E-state index is 13.9. The number of ketones is 1. The van der Waals surface area contributed by atoms with E-state index in [1.165, 1.54) is 0 Å². The molecule has 3 atom stereocenters. The summed E-state index contributed by atoms with van der Waals surface area (Å²) in [4.78, 5) is 32.1. The Morgan fingerprint density at radius 2 is 1.68 bits per heavy atom. The van der Waals surface area contributed by atoms with Crippen LogP contribution in [0.25, 0.3) is 0 Å². The number of hydrogen-bond acceptors (Lipinski definition) is 8. The van der Waals surface area contributed by atoms with E-state index < -0.39 is 17.8 Å². The van der Waals surface area contributed by atoms with Crippen LogP contribution in [0.1, 0.15) is 56.1 Å². The van der Waals surface area contributed by atoms with Crippen LogP contribution < -0.4 is 18.9 Å². The molecule has 1 heterocycles. The van der Waals surface area contributed by atoms with Crippen molar-refractivity contribution < 1.29 is 33.3 Å². The summed E-state index contributed by atoms with van der Waals surface area (Å²) in [5, 5.41) is 0. The van der Waals surface area contributed by atoms with Gasteiger partial charge in [0.25, 0.3) is 0 Å². The fourth-order valence-electron chi connectivity index (χ4n) is 5.49. The molecule has 0 N–H and O–H groups in total. The molecule has 0 amide bonds. The van der Waals surface area contributed by atoms with Gasteiger partial charge in [0.2, 0.25) is 0 Å². The molecule has 2 aliphatic rings. The molecule has 38 heavy (non-hydrogen) atoms. The number of carbonyl (C=O) groups is 2. The molecule has 2 aromatic carbocycles. The quantitative estimate of drug-likeness (QED) is 0.416. The Kier molecular flexibility index (Phi) is 8.39. The maximum Gasteiger partial charge on any atom is 0.315 e. The number of benzene rings is 2. The number of para-hydroxylation sites is 1. The molecule has 0 aromatic heterocycles. The summed E-state index contributed by atoms with van der Waals surface area (Å²) in [6, 6.07) is 11.2. The van der Waals surface area contributed by atoms with E-state index in [1.807, 2.05) is 44.2 Å². The third-order valence-corrected chi connectivity index (χ3v) is 7.24. The number of allylic oxidation sites excluding steroid dienone is 2. The van der Waals surface area contributed by atoms with Gasteiger partial charge < -0.3 is 23.7 Å². The zero-order valence-corrected chi connectivity index (χ0v) is 22.8. The molecule has 1 unspecified atom stereocenters. The minimum Gasteiger partial charge on any atom is -0.493 e. The highest BCUT2D eigenvalue weighted by molar-refractivity contribution is 6.09. The summed E-state index contributed by atoms with van der Waals surface area (Å²) < 4.78 is 27.7. The Morgan fingerprint density at radius 1 is 0.947 bits per heavy atom. The van der Waals surface area contributed by atoms with Gasteiger partial charge in [-0.3, -0.25) is 14.6 Å². The van der Waals surface area contributed by atoms with E-state index in [0.29, 0.717) is 65.0 Å². The summed E-state index contributed by atoms with van der Waals surface area (Å²) in [5.74, 6) is 0.369. The van der Waals surface area contributed by atoms with Crippen molar-refractivity contribution in [1.29, 1.82) is 0 Å². The van der Waals surface area contributed by atoms with Crippen molar-refractivity contribution in [2.24, 2.45) is 10.9 Å². The van der Waals surface area contributed by atoms with E-state index in [0.717, 1.165) is 5.56 Å². The number of nitrogens with zero attached hydrogens (tertiary/aromatic N) is 1. The second-order valence-corrected chi connectivity index (χ2v) is 9.46. The van der Waals surface area contributed by atoms with E-state index in [2.05, 4.69) is 0 Å². The Bertz CT molecular complexity index is 1280. The zero-order chi connectivity index (χ0) is 27.4. The fourth-order valence-corrected chi connectivity index (χ4v) is 5.49. The van der Waals surface area contributed by atoms with E-state index in [9.17, 15) is 9.59 Å². The van der Waals surface area contributed by atoms with Crippen molar-refractivity contribution in [3.05, 3.63) is 58.8 Å². The Hall–Kier alpha value is -3.81. The van der Waals surface area contributed by atoms with Gasteiger partial charge in [0.1, 0.15) is 5.92 Å². The second kappa shape index (κ2) is 11.7. The minimum atomic E-state index is -0.747. The number of aliphatic imine (C=N–C) groups is 1. The summed E-state index contributed by atoms with van der Waals surface area (Å²) in [6.07, 6.45) is 1.53. The van der Waals surface area contributed by atoms with Crippen LogP contribution in [0.2, 0.25) is 0 Å². The molecule has 1 aliphatic carbocycles. The Labute approximate surface area is 223 Å². The molecule has 1 aliphatic heterocycles. The number of esters is 1. The lowest BCUT2D eigenvalue weighted by molar-refractivity contribution is -0.146. The van der Waals surface area contributed by atoms with Crippen molar-refractivity contribution >= 4 is 17.5 Å². The highest BCUT2D eigenvalue weighted by Gasteiger charge is 2.46. The minimum absolute atomic E-state index is 0.0505. The molecule has 0 fully saturated rings. The molecule has 8 nitrogen and oxygen atoms in total. The molecular weight excluding hydrogens is 486 g/mol. The number of methoxy groups -OCH3 is 4. The monoisotopic (exact) mass is 521 g/mol. The van der Waals surface area contributed by atoms with Gasteiger partial charge >= 0.3 is 5.97 Å². The number of hydrogen-bond donors (Lipinski definition) is 0. The molecule has 202 valence electrons. The van der Waals surface area contributed by atoms with Crippen LogP contribution in [0.5, 0.6) is 23.0 Å². The lowest BCUT2D eigenvalue weighted by Crippen LogP contribution is -2.38. The first kappa shape index (κ1) is 27.2. The van der Waals surface area contributed by atoms with Crippen molar-refractivity contribution in [2.45, 2.75) is 44.9 Å². The molecular formula is C30H35NO7. The van der Waals surface area contributed by atoms with Gasteiger partial charge in [0.05, 0.1) is 35.0 Å². The van der Waals surface area contributed by atoms with Gasteiger partial charge in [-0.1, -0.05) is 25.1 Å². The standard InChI is InChI=1S/C30H35NO7/c1-7-13-38-30(33)26-17(2)31-21-14-19(18-11-12-23(34-3)25(16-18)36-5)15-22(32)28(21)27(26)20-9-8-10-24(35-4)29(20)37-6/h8-12,16,19,26-27H,7,13-15H2,1-6H3/t19-,26?,27-/m0/s1. The lowest BCUT2D eigenvalue weighted by Gasteiger charge is -2.37. The van der Waals surface area contributed by atoms with Crippen LogP contribution in [0.3, 0.4) is 0 Å². The third kappa shape index (κ3) is 4.99. The molecule has 8 heteroatoms. The average Bonchev–Trinajstić information content (AvgIpc) is 2.93. The highest BCUT2D eigenvalue weighted by Crippen LogP contribution is 2.50. The van der Waals surface area contributed by atoms with Crippen molar-refractivity contribution in [2.75, 3.05) is 35.0 Å². The van der Waals surface area contributed by atoms with E-state index in [-0.39, 0.29) is 18.1 Å².